The van der Waals surface area contributed by atoms with Crippen molar-refractivity contribution in [1.82, 2.24) is 14.8 Å². The van der Waals surface area contributed by atoms with Crippen LogP contribution in [0.4, 0.5) is 0 Å². The number of carbonyl (C=O) groups excluding carboxylic acids is 1. The van der Waals surface area contributed by atoms with Crippen molar-refractivity contribution in [1.29, 1.82) is 0 Å². The zero-order chi connectivity index (χ0) is 13.3. The first kappa shape index (κ1) is 13.6. The molecule has 0 aromatic carbocycles. The summed E-state index contributed by atoms with van der Waals surface area (Å²) in [6.45, 7) is 8.71. The highest BCUT2D eigenvalue weighted by molar-refractivity contribution is 9.10. The SMILES string of the molecule is CC(C)n1cc(Br)cc1C(=O)N1CCN[C@H](C)C1. The molecule has 2 rings (SSSR count). The smallest absolute Gasteiger partial charge is 0.270 e. The van der Waals surface area contributed by atoms with E-state index in [-0.39, 0.29) is 11.9 Å². The van der Waals surface area contributed by atoms with Crippen LogP contribution in [0.2, 0.25) is 0 Å². The van der Waals surface area contributed by atoms with Crippen LogP contribution in [-0.2, 0) is 0 Å². The van der Waals surface area contributed by atoms with Crippen LogP contribution in [0.5, 0.6) is 0 Å². The third-order valence-corrected chi connectivity index (χ3v) is 3.68. The zero-order valence-corrected chi connectivity index (χ0v) is 12.7. The Morgan fingerprint density at radius 3 is 2.89 bits per heavy atom. The number of nitrogens with one attached hydrogen (secondary N) is 1. The lowest BCUT2D eigenvalue weighted by atomic mass is 10.2. The molecule has 18 heavy (non-hydrogen) atoms. The van der Waals surface area contributed by atoms with Crippen LogP contribution in [0.15, 0.2) is 16.7 Å². The molecule has 1 atom stereocenters. The summed E-state index contributed by atoms with van der Waals surface area (Å²) in [6, 6.07) is 2.57. The maximum atomic E-state index is 12.5. The van der Waals surface area contributed by atoms with Gasteiger partial charge in [-0.2, -0.15) is 0 Å². The van der Waals surface area contributed by atoms with E-state index in [4.69, 9.17) is 0 Å². The Morgan fingerprint density at radius 2 is 2.28 bits per heavy atom. The number of hydrogen-bond donors (Lipinski definition) is 1. The second kappa shape index (κ2) is 5.45. The van der Waals surface area contributed by atoms with Gasteiger partial charge in [0.05, 0.1) is 0 Å². The van der Waals surface area contributed by atoms with Crippen molar-refractivity contribution in [2.75, 3.05) is 19.6 Å². The van der Waals surface area contributed by atoms with Gasteiger partial charge < -0.3 is 14.8 Å². The van der Waals surface area contributed by atoms with Crippen LogP contribution >= 0.6 is 15.9 Å². The van der Waals surface area contributed by atoms with Gasteiger partial charge >= 0.3 is 0 Å². The predicted octanol–water partition coefficient (Wildman–Crippen LogP) is 2.27. The molecule has 1 aliphatic heterocycles. The largest absolute Gasteiger partial charge is 0.340 e. The first-order valence-corrected chi connectivity index (χ1v) is 7.18. The molecule has 0 unspecified atom stereocenters. The van der Waals surface area contributed by atoms with Gasteiger partial charge in [-0.15, -0.1) is 0 Å². The Morgan fingerprint density at radius 1 is 1.56 bits per heavy atom. The normalized spacial score (nSPS) is 20.5. The molecule has 0 aliphatic carbocycles. The minimum Gasteiger partial charge on any atom is -0.340 e. The highest BCUT2D eigenvalue weighted by atomic mass is 79.9. The van der Waals surface area contributed by atoms with Gasteiger partial charge in [-0.1, -0.05) is 0 Å². The van der Waals surface area contributed by atoms with Crippen molar-refractivity contribution in [3.05, 3.63) is 22.4 Å². The minimum absolute atomic E-state index is 0.128. The fraction of sp³-hybridized carbons (Fsp3) is 0.615. The fourth-order valence-electron chi connectivity index (χ4n) is 2.32. The quantitative estimate of drug-likeness (QED) is 0.909. The van der Waals surface area contributed by atoms with Gasteiger partial charge in [-0.25, -0.2) is 0 Å². The Bertz CT molecular complexity index is 441. The molecule has 1 aromatic rings. The summed E-state index contributed by atoms with van der Waals surface area (Å²) in [7, 11) is 0. The number of carbonyl (C=O) groups is 1. The predicted molar refractivity (Wildman–Crippen MR) is 75.9 cm³/mol. The Balaban J connectivity index is 2.22. The first-order chi connectivity index (χ1) is 8.49. The highest BCUT2D eigenvalue weighted by Gasteiger charge is 2.24. The second-order valence-corrected chi connectivity index (χ2v) is 6.07. The van der Waals surface area contributed by atoms with Gasteiger partial charge in [-0.3, -0.25) is 4.79 Å². The fourth-order valence-corrected chi connectivity index (χ4v) is 2.76. The van der Waals surface area contributed by atoms with Gasteiger partial charge in [0.15, 0.2) is 0 Å². The highest BCUT2D eigenvalue weighted by Crippen LogP contribution is 2.21. The topological polar surface area (TPSA) is 37.3 Å². The first-order valence-electron chi connectivity index (χ1n) is 6.39. The molecule has 4 nitrogen and oxygen atoms in total. The summed E-state index contributed by atoms with van der Waals surface area (Å²) in [4.78, 5) is 14.5. The molecule has 1 fully saturated rings. The van der Waals surface area contributed by atoms with E-state index in [9.17, 15) is 4.79 Å². The molecular weight excluding hydrogens is 294 g/mol. The van der Waals surface area contributed by atoms with Gasteiger partial charge in [0.1, 0.15) is 5.69 Å². The van der Waals surface area contributed by atoms with E-state index in [0.29, 0.717) is 6.04 Å². The average Bonchev–Trinajstić information content (AvgIpc) is 2.70. The number of piperazine rings is 1. The Hall–Kier alpha value is -0.810. The van der Waals surface area contributed by atoms with Crippen molar-refractivity contribution in [3.63, 3.8) is 0 Å². The number of hydrogen-bond acceptors (Lipinski definition) is 2. The van der Waals surface area contributed by atoms with Crippen molar-refractivity contribution in [3.8, 4) is 0 Å². The summed E-state index contributed by atoms with van der Waals surface area (Å²) < 4.78 is 2.99. The number of rotatable bonds is 2. The van der Waals surface area contributed by atoms with Crippen molar-refractivity contribution in [2.24, 2.45) is 0 Å². The van der Waals surface area contributed by atoms with E-state index in [0.717, 1.165) is 29.8 Å². The summed E-state index contributed by atoms with van der Waals surface area (Å²) in [5.74, 6) is 0.128. The molecule has 1 aromatic heterocycles. The molecule has 0 spiro atoms. The van der Waals surface area contributed by atoms with Crippen LogP contribution in [0.25, 0.3) is 0 Å². The van der Waals surface area contributed by atoms with Crippen molar-refractivity contribution < 1.29 is 4.79 Å². The van der Waals surface area contributed by atoms with Gasteiger partial charge in [0.25, 0.3) is 5.91 Å². The van der Waals surface area contributed by atoms with Gasteiger partial charge in [0, 0.05) is 42.4 Å². The van der Waals surface area contributed by atoms with Crippen molar-refractivity contribution in [2.45, 2.75) is 32.9 Å². The molecule has 1 amide bonds. The third-order valence-electron chi connectivity index (χ3n) is 3.25. The summed E-state index contributed by atoms with van der Waals surface area (Å²) in [6.07, 6.45) is 1.98. The molecule has 0 bridgehead atoms. The van der Waals surface area contributed by atoms with Crippen LogP contribution in [0.3, 0.4) is 0 Å². The lowest BCUT2D eigenvalue weighted by molar-refractivity contribution is 0.0696. The number of amides is 1. The lowest BCUT2D eigenvalue weighted by Crippen LogP contribution is -2.51. The van der Waals surface area contributed by atoms with Gasteiger partial charge in [-0.05, 0) is 42.8 Å². The third kappa shape index (κ3) is 2.78. The van der Waals surface area contributed by atoms with E-state index in [2.05, 4.69) is 42.0 Å². The number of aromatic nitrogens is 1. The molecule has 1 N–H and O–H groups in total. The lowest BCUT2D eigenvalue weighted by Gasteiger charge is -2.32. The molecule has 5 heteroatoms. The van der Waals surface area contributed by atoms with Crippen molar-refractivity contribution >= 4 is 21.8 Å². The number of halogens is 1. The standard InChI is InChI=1S/C13H20BrN3O/c1-9(2)17-8-11(14)6-12(17)13(18)16-5-4-15-10(3)7-16/h6,8-10,15H,4-5,7H2,1-3H3/t10-/m1/s1. The molecule has 2 heterocycles. The Labute approximate surface area is 116 Å². The van der Waals surface area contributed by atoms with E-state index < -0.39 is 0 Å². The van der Waals surface area contributed by atoms with E-state index >= 15 is 0 Å². The molecule has 0 radical (unpaired) electrons. The monoisotopic (exact) mass is 313 g/mol. The molecule has 0 saturated carbocycles. The number of nitrogens with zero attached hydrogens (tertiary/aromatic N) is 2. The maximum absolute atomic E-state index is 12.5. The Kier molecular flexibility index (Phi) is 4.12. The van der Waals surface area contributed by atoms with Crippen LogP contribution in [0.1, 0.15) is 37.3 Å². The summed E-state index contributed by atoms with van der Waals surface area (Å²) in [5, 5.41) is 3.35. The molecule has 1 saturated heterocycles. The van der Waals surface area contributed by atoms with Crippen LogP contribution in [-0.4, -0.2) is 41.1 Å². The molecule has 100 valence electrons. The van der Waals surface area contributed by atoms with E-state index in [1.54, 1.807) is 0 Å². The van der Waals surface area contributed by atoms with E-state index in [1.807, 2.05) is 21.7 Å². The molecular formula is C13H20BrN3O. The summed E-state index contributed by atoms with van der Waals surface area (Å²) >= 11 is 3.45. The molecule has 1 aliphatic rings. The minimum atomic E-state index is 0.128. The maximum Gasteiger partial charge on any atom is 0.270 e. The van der Waals surface area contributed by atoms with Crippen LogP contribution in [0, 0.1) is 0 Å². The second-order valence-electron chi connectivity index (χ2n) is 5.15. The average molecular weight is 314 g/mol. The van der Waals surface area contributed by atoms with E-state index in [1.165, 1.54) is 0 Å². The zero-order valence-electron chi connectivity index (χ0n) is 11.1. The van der Waals surface area contributed by atoms with Crippen LogP contribution < -0.4 is 5.32 Å². The van der Waals surface area contributed by atoms with Gasteiger partial charge in [0.2, 0.25) is 0 Å². The summed E-state index contributed by atoms with van der Waals surface area (Å²) in [5.41, 5.74) is 0.769.